The molecule has 2 aromatic heterocycles. The Labute approximate surface area is 156 Å². The third-order valence-electron chi connectivity index (χ3n) is 4.37. The standard InChI is InChI=1S/C19H14F2N4O3/c20-11-6-5-10(7-12(11)21)14(9-18(26)27)23-19(28)15-8-17-22-13-3-1-2-4-16(13)25(17)24-15/h1-8,14,24H,9H2,(H,23,28)(H,26,27). The van der Waals surface area contributed by atoms with E-state index in [-0.39, 0.29) is 11.3 Å². The average molecular weight is 384 g/mol. The van der Waals surface area contributed by atoms with Crippen LogP contribution in [0.4, 0.5) is 8.78 Å². The third kappa shape index (κ3) is 3.18. The molecular formula is C19H14F2N4O3. The molecular weight excluding hydrogens is 370 g/mol. The third-order valence-corrected chi connectivity index (χ3v) is 4.37. The highest BCUT2D eigenvalue weighted by atomic mass is 19.2. The number of halogens is 2. The maximum absolute atomic E-state index is 13.5. The van der Waals surface area contributed by atoms with Crippen LogP contribution < -0.4 is 5.32 Å². The molecule has 3 N–H and O–H groups in total. The van der Waals surface area contributed by atoms with Gasteiger partial charge in [-0.15, -0.1) is 0 Å². The van der Waals surface area contributed by atoms with Gasteiger partial charge in [-0.3, -0.25) is 14.7 Å². The molecule has 0 radical (unpaired) electrons. The summed E-state index contributed by atoms with van der Waals surface area (Å²) in [5.74, 6) is -3.96. The number of carbonyl (C=O) groups excluding carboxylic acids is 1. The number of hydrogen-bond donors (Lipinski definition) is 3. The highest BCUT2D eigenvalue weighted by molar-refractivity contribution is 5.95. The first kappa shape index (κ1) is 17.7. The normalized spacial score (nSPS) is 12.4. The van der Waals surface area contributed by atoms with Crippen molar-refractivity contribution in [2.45, 2.75) is 12.5 Å². The fraction of sp³-hybridized carbons (Fsp3) is 0.105. The van der Waals surface area contributed by atoms with E-state index in [1.54, 1.807) is 4.52 Å². The number of imidazole rings is 1. The second kappa shape index (κ2) is 6.76. The molecule has 1 atom stereocenters. The second-order valence-electron chi connectivity index (χ2n) is 6.26. The number of carbonyl (C=O) groups is 2. The van der Waals surface area contributed by atoms with Gasteiger partial charge in [-0.25, -0.2) is 18.3 Å². The predicted molar refractivity (Wildman–Crippen MR) is 95.9 cm³/mol. The molecule has 0 saturated heterocycles. The summed E-state index contributed by atoms with van der Waals surface area (Å²) in [6.45, 7) is 0. The SMILES string of the molecule is O=C(O)CC(NC(=O)c1cc2nc3ccccc3n2[nH]1)c1ccc(F)c(F)c1. The van der Waals surface area contributed by atoms with Crippen LogP contribution in [0.2, 0.25) is 0 Å². The molecule has 0 aliphatic carbocycles. The average Bonchev–Trinajstić information content (AvgIpc) is 3.21. The first-order valence-electron chi connectivity index (χ1n) is 8.36. The summed E-state index contributed by atoms with van der Waals surface area (Å²) >= 11 is 0. The van der Waals surface area contributed by atoms with Crippen molar-refractivity contribution in [3.8, 4) is 0 Å². The summed E-state index contributed by atoms with van der Waals surface area (Å²) in [5, 5.41) is 14.6. The molecule has 1 unspecified atom stereocenters. The van der Waals surface area contributed by atoms with Gasteiger partial charge in [0.1, 0.15) is 5.69 Å². The molecule has 0 fully saturated rings. The lowest BCUT2D eigenvalue weighted by Gasteiger charge is -2.17. The maximum Gasteiger partial charge on any atom is 0.305 e. The van der Waals surface area contributed by atoms with Crippen molar-refractivity contribution in [1.82, 2.24) is 19.9 Å². The van der Waals surface area contributed by atoms with Crippen LogP contribution in [0.15, 0.2) is 48.5 Å². The molecule has 0 spiro atoms. The van der Waals surface area contributed by atoms with E-state index in [0.29, 0.717) is 5.65 Å². The predicted octanol–water partition coefficient (Wildman–Crippen LogP) is 3.04. The first-order valence-corrected chi connectivity index (χ1v) is 8.36. The summed E-state index contributed by atoms with van der Waals surface area (Å²) in [6, 6.07) is 10.8. The van der Waals surface area contributed by atoms with Gasteiger partial charge in [0.2, 0.25) is 0 Å². The van der Waals surface area contributed by atoms with E-state index in [4.69, 9.17) is 5.11 Å². The van der Waals surface area contributed by atoms with Crippen LogP contribution >= 0.6 is 0 Å². The molecule has 0 bridgehead atoms. The van der Waals surface area contributed by atoms with Crippen LogP contribution in [0.3, 0.4) is 0 Å². The van der Waals surface area contributed by atoms with E-state index < -0.39 is 36.0 Å². The highest BCUT2D eigenvalue weighted by Gasteiger charge is 2.22. The Morgan fingerprint density at radius 3 is 2.68 bits per heavy atom. The van der Waals surface area contributed by atoms with Gasteiger partial charge in [0, 0.05) is 6.07 Å². The second-order valence-corrected chi connectivity index (χ2v) is 6.26. The number of amides is 1. The van der Waals surface area contributed by atoms with E-state index in [9.17, 15) is 18.4 Å². The number of carboxylic acid groups (broad SMARTS) is 1. The lowest BCUT2D eigenvalue weighted by atomic mass is 10.0. The van der Waals surface area contributed by atoms with Gasteiger partial charge in [-0.1, -0.05) is 18.2 Å². The van der Waals surface area contributed by atoms with Crippen molar-refractivity contribution in [1.29, 1.82) is 0 Å². The van der Waals surface area contributed by atoms with E-state index in [0.717, 1.165) is 23.2 Å². The number of nitrogens with zero attached hydrogens (tertiary/aromatic N) is 2. The largest absolute Gasteiger partial charge is 0.481 e. The molecule has 0 aliphatic heterocycles. The van der Waals surface area contributed by atoms with E-state index in [1.165, 1.54) is 12.1 Å². The van der Waals surface area contributed by atoms with Crippen molar-refractivity contribution < 1.29 is 23.5 Å². The number of aliphatic carboxylic acids is 1. The fourth-order valence-corrected chi connectivity index (χ4v) is 3.05. The number of para-hydroxylation sites is 2. The maximum atomic E-state index is 13.5. The van der Waals surface area contributed by atoms with Crippen LogP contribution in [-0.2, 0) is 4.79 Å². The van der Waals surface area contributed by atoms with Gasteiger partial charge in [0.15, 0.2) is 17.3 Å². The minimum absolute atomic E-state index is 0.149. The Morgan fingerprint density at radius 2 is 1.93 bits per heavy atom. The van der Waals surface area contributed by atoms with Crippen LogP contribution in [0, 0.1) is 11.6 Å². The number of rotatable bonds is 5. The van der Waals surface area contributed by atoms with Gasteiger partial charge in [-0.05, 0) is 29.8 Å². The molecule has 9 heteroatoms. The molecule has 7 nitrogen and oxygen atoms in total. The van der Waals surface area contributed by atoms with Gasteiger partial charge in [0.05, 0.1) is 23.5 Å². The molecule has 4 aromatic rings. The first-order chi connectivity index (χ1) is 13.4. The van der Waals surface area contributed by atoms with Crippen LogP contribution in [0.25, 0.3) is 16.7 Å². The quantitative estimate of drug-likeness (QED) is 0.492. The summed E-state index contributed by atoms with van der Waals surface area (Å²) in [6.07, 6.45) is -0.489. The molecule has 0 aliphatic rings. The fourth-order valence-electron chi connectivity index (χ4n) is 3.05. The number of hydrogen-bond acceptors (Lipinski definition) is 3. The molecule has 0 saturated carbocycles. The number of benzene rings is 2. The molecule has 28 heavy (non-hydrogen) atoms. The Hall–Kier alpha value is -3.75. The number of nitrogens with one attached hydrogen (secondary N) is 2. The van der Waals surface area contributed by atoms with E-state index in [2.05, 4.69) is 15.4 Å². The summed E-state index contributed by atoms with van der Waals surface area (Å²) in [5.41, 5.74) is 2.36. The smallest absolute Gasteiger partial charge is 0.305 e. The van der Waals surface area contributed by atoms with Gasteiger partial charge >= 0.3 is 5.97 Å². The zero-order valence-corrected chi connectivity index (χ0v) is 14.3. The topological polar surface area (TPSA) is 99.5 Å². The van der Waals surface area contributed by atoms with Crippen molar-refractivity contribution in [2.75, 3.05) is 0 Å². The van der Waals surface area contributed by atoms with Crippen molar-refractivity contribution >= 4 is 28.6 Å². The summed E-state index contributed by atoms with van der Waals surface area (Å²) in [4.78, 5) is 28.2. The van der Waals surface area contributed by atoms with E-state index >= 15 is 0 Å². The molecule has 1 amide bonds. The number of carboxylic acids is 1. The van der Waals surface area contributed by atoms with Crippen LogP contribution in [0.1, 0.15) is 28.5 Å². The number of H-pyrrole nitrogens is 1. The van der Waals surface area contributed by atoms with Crippen LogP contribution in [-0.4, -0.2) is 31.6 Å². The lowest BCUT2D eigenvalue weighted by molar-refractivity contribution is -0.137. The van der Waals surface area contributed by atoms with Gasteiger partial charge in [0.25, 0.3) is 5.91 Å². The van der Waals surface area contributed by atoms with Crippen molar-refractivity contribution in [2.24, 2.45) is 0 Å². The Bertz CT molecular complexity index is 1210. The zero-order chi connectivity index (χ0) is 19.8. The lowest BCUT2D eigenvalue weighted by Crippen LogP contribution is -2.30. The van der Waals surface area contributed by atoms with Gasteiger partial charge < -0.3 is 10.4 Å². The minimum Gasteiger partial charge on any atom is -0.481 e. The number of aromatic nitrogens is 3. The highest BCUT2D eigenvalue weighted by Crippen LogP contribution is 2.21. The Balaban J connectivity index is 1.64. The van der Waals surface area contributed by atoms with Gasteiger partial charge in [-0.2, -0.15) is 0 Å². The number of fused-ring (bicyclic) bond motifs is 3. The molecule has 4 rings (SSSR count). The van der Waals surface area contributed by atoms with E-state index in [1.807, 2.05) is 24.3 Å². The van der Waals surface area contributed by atoms with Crippen LogP contribution in [0.5, 0.6) is 0 Å². The minimum atomic E-state index is -1.19. The summed E-state index contributed by atoms with van der Waals surface area (Å²) in [7, 11) is 0. The Morgan fingerprint density at radius 1 is 1.14 bits per heavy atom. The van der Waals surface area contributed by atoms with Crippen molar-refractivity contribution in [3.63, 3.8) is 0 Å². The molecule has 2 aromatic carbocycles. The number of aromatic amines is 1. The Kier molecular flexibility index (Phi) is 4.26. The molecule has 142 valence electrons. The summed E-state index contributed by atoms with van der Waals surface area (Å²) < 4.78 is 28.3. The zero-order valence-electron chi connectivity index (χ0n) is 14.3. The molecule has 2 heterocycles. The van der Waals surface area contributed by atoms with Crippen molar-refractivity contribution in [3.05, 3.63) is 71.4 Å². The monoisotopic (exact) mass is 384 g/mol.